The third-order valence-corrected chi connectivity index (χ3v) is 2.64. The molecule has 0 saturated heterocycles. The van der Waals surface area contributed by atoms with Crippen LogP contribution in [0.2, 0.25) is 0 Å². The van der Waals surface area contributed by atoms with Gasteiger partial charge in [-0.05, 0) is 31.5 Å². The van der Waals surface area contributed by atoms with Crippen LogP contribution >= 0.6 is 0 Å². The maximum absolute atomic E-state index is 11.9. The third-order valence-electron chi connectivity index (χ3n) is 2.64. The van der Waals surface area contributed by atoms with Crippen molar-refractivity contribution in [1.82, 2.24) is 4.90 Å². The number of rotatable bonds is 5. The molecule has 5 heteroatoms. The SMILES string of the molecule is CCN(CCO)C(=O)Nc1ccc(C)cc1OC. The molecular formula is C13H20N2O3. The molecule has 0 saturated carbocycles. The summed E-state index contributed by atoms with van der Waals surface area (Å²) < 4.78 is 5.22. The predicted octanol–water partition coefficient (Wildman–Crippen LogP) is 1.85. The van der Waals surface area contributed by atoms with E-state index in [4.69, 9.17) is 9.84 Å². The largest absolute Gasteiger partial charge is 0.495 e. The minimum absolute atomic E-state index is 0.0493. The first-order valence-electron chi connectivity index (χ1n) is 5.93. The van der Waals surface area contributed by atoms with Gasteiger partial charge in [-0.15, -0.1) is 0 Å². The number of aliphatic hydroxyl groups is 1. The van der Waals surface area contributed by atoms with E-state index < -0.39 is 0 Å². The number of aryl methyl sites for hydroxylation is 1. The lowest BCUT2D eigenvalue weighted by Gasteiger charge is -2.21. The zero-order valence-electron chi connectivity index (χ0n) is 11.1. The molecule has 5 nitrogen and oxygen atoms in total. The quantitative estimate of drug-likeness (QED) is 0.840. The molecule has 0 atom stereocenters. The lowest BCUT2D eigenvalue weighted by atomic mass is 10.2. The van der Waals surface area contributed by atoms with E-state index in [1.54, 1.807) is 13.2 Å². The minimum atomic E-state index is -0.242. The number of nitrogens with zero attached hydrogens (tertiary/aromatic N) is 1. The number of likely N-dealkylation sites (N-methyl/N-ethyl adjacent to an activating group) is 1. The predicted molar refractivity (Wildman–Crippen MR) is 71.1 cm³/mol. The van der Waals surface area contributed by atoms with E-state index in [9.17, 15) is 4.79 Å². The number of carbonyl (C=O) groups excluding carboxylic acids is 1. The van der Waals surface area contributed by atoms with Crippen molar-refractivity contribution < 1.29 is 14.6 Å². The van der Waals surface area contributed by atoms with Crippen LogP contribution in [0.3, 0.4) is 0 Å². The van der Waals surface area contributed by atoms with E-state index in [1.165, 1.54) is 4.90 Å². The van der Waals surface area contributed by atoms with Crippen molar-refractivity contribution in [2.75, 3.05) is 32.1 Å². The second-order valence-corrected chi connectivity index (χ2v) is 3.94. The van der Waals surface area contributed by atoms with Gasteiger partial charge in [-0.25, -0.2) is 4.79 Å². The van der Waals surface area contributed by atoms with Crippen LogP contribution < -0.4 is 10.1 Å². The van der Waals surface area contributed by atoms with Gasteiger partial charge in [0.1, 0.15) is 5.75 Å². The Morgan fingerprint density at radius 1 is 1.50 bits per heavy atom. The highest BCUT2D eigenvalue weighted by molar-refractivity contribution is 5.91. The topological polar surface area (TPSA) is 61.8 Å². The summed E-state index contributed by atoms with van der Waals surface area (Å²) in [5.74, 6) is 0.628. The van der Waals surface area contributed by atoms with Crippen LogP contribution in [0, 0.1) is 6.92 Å². The average Bonchev–Trinajstić information content (AvgIpc) is 2.37. The van der Waals surface area contributed by atoms with Gasteiger partial charge in [-0.3, -0.25) is 0 Å². The molecule has 18 heavy (non-hydrogen) atoms. The Hall–Kier alpha value is -1.75. The standard InChI is InChI=1S/C13H20N2O3/c1-4-15(7-8-16)13(17)14-11-6-5-10(2)9-12(11)18-3/h5-6,9,16H,4,7-8H2,1-3H3,(H,14,17). The highest BCUT2D eigenvalue weighted by atomic mass is 16.5. The Morgan fingerprint density at radius 2 is 2.22 bits per heavy atom. The van der Waals surface area contributed by atoms with Crippen molar-refractivity contribution in [3.8, 4) is 5.75 Å². The molecule has 0 spiro atoms. The maximum atomic E-state index is 11.9. The summed E-state index contributed by atoms with van der Waals surface area (Å²) in [5, 5.41) is 11.6. The summed E-state index contributed by atoms with van der Waals surface area (Å²) in [4.78, 5) is 13.5. The number of nitrogens with one attached hydrogen (secondary N) is 1. The molecule has 0 aromatic heterocycles. The number of amides is 2. The molecule has 1 aromatic rings. The second-order valence-electron chi connectivity index (χ2n) is 3.94. The molecular weight excluding hydrogens is 232 g/mol. The third kappa shape index (κ3) is 3.63. The van der Waals surface area contributed by atoms with Crippen LogP contribution in [0.1, 0.15) is 12.5 Å². The highest BCUT2D eigenvalue weighted by Gasteiger charge is 2.13. The van der Waals surface area contributed by atoms with Crippen LogP contribution in [-0.4, -0.2) is 42.8 Å². The number of anilines is 1. The first kappa shape index (κ1) is 14.3. The minimum Gasteiger partial charge on any atom is -0.495 e. The van der Waals surface area contributed by atoms with E-state index in [0.29, 0.717) is 24.5 Å². The molecule has 0 unspecified atom stereocenters. The molecule has 0 aliphatic carbocycles. The van der Waals surface area contributed by atoms with Crippen molar-refractivity contribution in [3.05, 3.63) is 23.8 Å². The van der Waals surface area contributed by atoms with Gasteiger partial charge in [-0.1, -0.05) is 6.07 Å². The molecule has 0 radical (unpaired) electrons. The van der Waals surface area contributed by atoms with Gasteiger partial charge in [-0.2, -0.15) is 0 Å². The molecule has 1 aromatic carbocycles. The first-order valence-corrected chi connectivity index (χ1v) is 5.93. The lowest BCUT2D eigenvalue weighted by molar-refractivity contribution is 0.192. The Labute approximate surface area is 107 Å². The van der Waals surface area contributed by atoms with Gasteiger partial charge < -0.3 is 20.1 Å². The van der Waals surface area contributed by atoms with E-state index in [-0.39, 0.29) is 12.6 Å². The van der Waals surface area contributed by atoms with Crippen LogP contribution in [0.15, 0.2) is 18.2 Å². The highest BCUT2D eigenvalue weighted by Crippen LogP contribution is 2.25. The summed E-state index contributed by atoms with van der Waals surface area (Å²) >= 11 is 0. The van der Waals surface area contributed by atoms with Crippen molar-refractivity contribution in [3.63, 3.8) is 0 Å². The number of hydrogen-bond donors (Lipinski definition) is 2. The van der Waals surface area contributed by atoms with Crippen molar-refractivity contribution in [2.45, 2.75) is 13.8 Å². The van der Waals surface area contributed by atoms with Gasteiger partial charge in [0, 0.05) is 13.1 Å². The van der Waals surface area contributed by atoms with Crippen LogP contribution in [-0.2, 0) is 0 Å². The molecule has 2 amide bonds. The van der Waals surface area contributed by atoms with Crippen molar-refractivity contribution in [2.24, 2.45) is 0 Å². The molecule has 1 rings (SSSR count). The maximum Gasteiger partial charge on any atom is 0.322 e. The number of urea groups is 1. The fraction of sp³-hybridized carbons (Fsp3) is 0.462. The van der Waals surface area contributed by atoms with E-state index >= 15 is 0 Å². The zero-order chi connectivity index (χ0) is 13.5. The fourth-order valence-corrected chi connectivity index (χ4v) is 1.62. The van der Waals surface area contributed by atoms with E-state index in [1.807, 2.05) is 26.0 Å². The fourth-order valence-electron chi connectivity index (χ4n) is 1.62. The molecule has 0 heterocycles. The van der Waals surface area contributed by atoms with Crippen LogP contribution in [0.5, 0.6) is 5.75 Å². The Kier molecular flexibility index (Phi) is 5.45. The number of ether oxygens (including phenoxy) is 1. The molecule has 100 valence electrons. The molecule has 0 aliphatic heterocycles. The smallest absolute Gasteiger partial charge is 0.322 e. The first-order chi connectivity index (χ1) is 8.62. The van der Waals surface area contributed by atoms with E-state index in [0.717, 1.165) is 5.56 Å². The second kappa shape index (κ2) is 6.86. The molecule has 0 fully saturated rings. The lowest BCUT2D eigenvalue weighted by Crippen LogP contribution is -2.36. The molecule has 0 bridgehead atoms. The summed E-state index contributed by atoms with van der Waals surface area (Å²) in [6.45, 7) is 4.63. The van der Waals surface area contributed by atoms with Crippen molar-refractivity contribution >= 4 is 11.7 Å². The molecule has 2 N–H and O–H groups in total. The number of benzene rings is 1. The van der Waals surface area contributed by atoms with Gasteiger partial charge in [0.25, 0.3) is 0 Å². The number of aliphatic hydroxyl groups excluding tert-OH is 1. The summed E-state index contributed by atoms with van der Waals surface area (Å²) in [5.41, 5.74) is 1.69. The average molecular weight is 252 g/mol. The Bertz CT molecular complexity index is 407. The Morgan fingerprint density at radius 3 is 2.78 bits per heavy atom. The van der Waals surface area contributed by atoms with Crippen LogP contribution in [0.25, 0.3) is 0 Å². The zero-order valence-corrected chi connectivity index (χ0v) is 11.1. The summed E-state index contributed by atoms with van der Waals surface area (Å²) in [6, 6.07) is 5.32. The van der Waals surface area contributed by atoms with Gasteiger partial charge >= 0.3 is 6.03 Å². The van der Waals surface area contributed by atoms with E-state index in [2.05, 4.69) is 5.32 Å². The number of carbonyl (C=O) groups is 1. The van der Waals surface area contributed by atoms with Crippen LogP contribution in [0.4, 0.5) is 10.5 Å². The monoisotopic (exact) mass is 252 g/mol. The summed E-state index contributed by atoms with van der Waals surface area (Å²) in [6.07, 6.45) is 0. The normalized spacial score (nSPS) is 10.0. The Balaban J connectivity index is 2.80. The number of hydrogen-bond acceptors (Lipinski definition) is 3. The van der Waals surface area contributed by atoms with Gasteiger partial charge in [0.2, 0.25) is 0 Å². The molecule has 0 aliphatic rings. The summed E-state index contributed by atoms with van der Waals surface area (Å²) in [7, 11) is 1.57. The number of methoxy groups -OCH3 is 1. The van der Waals surface area contributed by atoms with Crippen molar-refractivity contribution in [1.29, 1.82) is 0 Å². The van der Waals surface area contributed by atoms with Gasteiger partial charge in [0.05, 0.1) is 19.4 Å². The van der Waals surface area contributed by atoms with Gasteiger partial charge in [0.15, 0.2) is 0 Å².